The van der Waals surface area contributed by atoms with Gasteiger partial charge in [-0.25, -0.2) is 8.78 Å². The largest absolute Gasteiger partial charge is 0.373 e. The van der Waals surface area contributed by atoms with Gasteiger partial charge in [-0.3, -0.25) is 19.5 Å². The number of piperazine rings is 2. The van der Waals surface area contributed by atoms with Crippen LogP contribution in [-0.4, -0.2) is 97.5 Å². The summed E-state index contributed by atoms with van der Waals surface area (Å²) in [5.74, 6) is -0.997. The average molecular weight is 525 g/mol. The van der Waals surface area contributed by atoms with Crippen LogP contribution in [0.2, 0.25) is 0 Å². The molecule has 4 fully saturated rings. The highest BCUT2D eigenvalue weighted by molar-refractivity contribution is 5.98. The first-order chi connectivity index (χ1) is 18.3. The summed E-state index contributed by atoms with van der Waals surface area (Å²) in [5.41, 5.74) is 3.30. The van der Waals surface area contributed by atoms with E-state index in [1.165, 1.54) is 12.1 Å². The zero-order chi connectivity index (χ0) is 26.1. The van der Waals surface area contributed by atoms with E-state index in [9.17, 15) is 13.6 Å². The second-order valence-electron chi connectivity index (χ2n) is 11.4. The van der Waals surface area contributed by atoms with Gasteiger partial charge < -0.3 is 20.3 Å². The maximum Gasteiger partial charge on any atom is 0.247 e. The van der Waals surface area contributed by atoms with Gasteiger partial charge in [0.1, 0.15) is 17.7 Å². The molecule has 38 heavy (non-hydrogen) atoms. The number of ether oxygens (including phenoxy) is 1. The third kappa shape index (κ3) is 4.23. The zero-order valence-electron chi connectivity index (χ0n) is 21.8. The van der Waals surface area contributed by atoms with Crippen molar-refractivity contribution in [2.45, 2.75) is 50.3 Å². The van der Waals surface area contributed by atoms with Crippen LogP contribution in [0.4, 0.5) is 25.8 Å². The van der Waals surface area contributed by atoms with Gasteiger partial charge in [-0.05, 0) is 50.2 Å². The summed E-state index contributed by atoms with van der Waals surface area (Å²) in [6, 6.07) is 8.16. The number of anilines is 3. The lowest BCUT2D eigenvalue weighted by atomic mass is 10.1. The number of hydrogen-bond donors (Lipinski definition) is 2. The van der Waals surface area contributed by atoms with Crippen molar-refractivity contribution in [3.05, 3.63) is 53.1 Å². The van der Waals surface area contributed by atoms with Gasteiger partial charge in [-0.1, -0.05) is 6.07 Å². The van der Waals surface area contributed by atoms with E-state index < -0.39 is 6.04 Å². The number of hydrogen-bond acceptors (Lipinski definition) is 7. The van der Waals surface area contributed by atoms with E-state index in [0.29, 0.717) is 29.0 Å². The summed E-state index contributed by atoms with van der Waals surface area (Å²) in [7, 11) is 2.14. The number of nitrogens with zero attached hydrogens (tertiary/aromatic N) is 4. The van der Waals surface area contributed by atoms with E-state index in [1.807, 2.05) is 13.0 Å². The predicted octanol–water partition coefficient (Wildman–Crippen LogP) is 2.44. The van der Waals surface area contributed by atoms with Gasteiger partial charge in [0.15, 0.2) is 12.5 Å². The summed E-state index contributed by atoms with van der Waals surface area (Å²) in [5, 5.41) is 6.00. The van der Waals surface area contributed by atoms with Crippen LogP contribution >= 0.6 is 0 Å². The van der Waals surface area contributed by atoms with Crippen molar-refractivity contribution >= 4 is 23.0 Å². The number of nitrogens with one attached hydrogen (secondary N) is 2. The molecule has 10 heteroatoms. The number of amides is 1. The normalized spacial score (nSPS) is 30.9. The van der Waals surface area contributed by atoms with Crippen LogP contribution in [0.5, 0.6) is 0 Å². The van der Waals surface area contributed by atoms with Gasteiger partial charge in [0.2, 0.25) is 5.91 Å². The molecule has 5 atom stereocenters. The molecule has 202 valence electrons. The number of halogens is 2. The van der Waals surface area contributed by atoms with E-state index >= 15 is 0 Å². The minimum Gasteiger partial charge on any atom is -0.373 e. The van der Waals surface area contributed by atoms with E-state index in [4.69, 9.17) is 4.74 Å². The molecule has 0 aliphatic carbocycles. The van der Waals surface area contributed by atoms with Crippen LogP contribution in [0.15, 0.2) is 30.3 Å². The molecule has 1 amide bonds. The summed E-state index contributed by atoms with van der Waals surface area (Å²) in [6.07, 6.45) is 1.83. The van der Waals surface area contributed by atoms with Crippen molar-refractivity contribution < 1.29 is 18.3 Å². The van der Waals surface area contributed by atoms with Crippen LogP contribution in [0.1, 0.15) is 17.5 Å². The number of carbonyl (C=O) groups is 1. The molecule has 7 rings (SSSR count). The fourth-order valence-corrected chi connectivity index (χ4v) is 6.88. The highest BCUT2D eigenvalue weighted by atomic mass is 19.1. The van der Waals surface area contributed by atoms with Crippen LogP contribution in [-0.2, 0) is 16.0 Å². The number of rotatable bonds is 4. The van der Waals surface area contributed by atoms with Crippen LogP contribution in [0, 0.1) is 18.6 Å². The molecule has 8 nitrogen and oxygen atoms in total. The highest BCUT2D eigenvalue weighted by Crippen LogP contribution is 2.37. The van der Waals surface area contributed by atoms with E-state index in [2.05, 4.69) is 37.3 Å². The monoisotopic (exact) mass is 524 g/mol. The van der Waals surface area contributed by atoms with Crippen molar-refractivity contribution in [2.75, 3.05) is 61.8 Å². The first-order valence-electron chi connectivity index (χ1n) is 13.6. The maximum atomic E-state index is 14.7. The molecule has 2 aromatic rings. The van der Waals surface area contributed by atoms with Crippen LogP contribution in [0.25, 0.3) is 0 Å². The molecule has 5 heterocycles. The Kier molecular flexibility index (Phi) is 5.84. The van der Waals surface area contributed by atoms with E-state index in [1.54, 1.807) is 12.1 Å². The Labute approximate surface area is 221 Å². The molecule has 0 aromatic heterocycles. The standard InChI is InChI=1S/C28H34F2N6O2/c1-16-3-4-23(30)22-12-24(32-25(16)22)26(37)31-18-9-17(29)10-20(11-18)34-6-5-19(14-34)35-7-8-36-21(15-35)13-33(2)27-28(36)38-27/h3-4,9-11,19,21,24,27-28,32H,5-8,12-15H2,1-2H3,(H,31,37). The molecule has 5 aliphatic rings. The number of likely N-dealkylation sites (N-methyl/N-ethyl adjacent to an activating group) is 1. The summed E-state index contributed by atoms with van der Waals surface area (Å²) >= 11 is 0. The van der Waals surface area contributed by atoms with Crippen molar-refractivity contribution in [3.63, 3.8) is 0 Å². The second-order valence-corrected chi connectivity index (χ2v) is 11.4. The molecular weight excluding hydrogens is 490 g/mol. The number of epoxide rings is 1. The fraction of sp³-hybridized carbons (Fsp3) is 0.536. The number of benzene rings is 2. The Bertz CT molecular complexity index is 1250. The molecule has 0 saturated carbocycles. The Morgan fingerprint density at radius 3 is 2.76 bits per heavy atom. The van der Waals surface area contributed by atoms with Crippen molar-refractivity contribution in [3.8, 4) is 0 Å². The first kappa shape index (κ1) is 24.3. The highest BCUT2D eigenvalue weighted by Gasteiger charge is 2.54. The Morgan fingerprint density at radius 1 is 1.05 bits per heavy atom. The third-order valence-corrected chi connectivity index (χ3v) is 8.97. The minimum atomic E-state index is -0.600. The van der Waals surface area contributed by atoms with E-state index in [0.717, 1.165) is 56.9 Å². The van der Waals surface area contributed by atoms with Crippen LogP contribution < -0.4 is 15.5 Å². The molecule has 5 aliphatic heterocycles. The summed E-state index contributed by atoms with van der Waals surface area (Å²) in [6.45, 7) is 7.66. The molecule has 2 aromatic carbocycles. The maximum absolute atomic E-state index is 14.7. The van der Waals surface area contributed by atoms with Crippen LogP contribution in [0.3, 0.4) is 0 Å². The molecule has 4 saturated heterocycles. The van der Waals surface area contributed by atoms with Gasteiger partial charge in [-0.2, -0.15) is 0 Å². The average Bonchev–Trinajstić information content (AvgIpc) is 3.32. The third-order valence-electron chi connectivity index (χ3n) is 8.97. The lowest BCUT2D eigenvalue weighted by molar-refractivity contribution is -0.116. The topological polar surface area (TPSA) is 66.6 Å². The Morgan fingerprint density at radius 2 is 1.92 bits per heavy atom. The van der Waals surface area contributed by atoms with Gasteiger partial charge in [-0.15, -0.1) is 0 Å². The smallest absolute Gasteiger partial charge is 0.247 e. The Hall–Kier alpha value is -2.79. The SMILES string of the molecule is Cc1ccc(F)c2c1NC(C(=O)Nc1cc(F)cc(N3CCC(N4CCN5C(CN(C)C6OC65)C4)C3)c1)C2. The molecule has 2 N–H and O–H groups in total. The molecule has 0 spiro atoms. The summed E-state index contributed by atoms with van der Waals surface area (Å²) < 4.78 is 34.8. The quantitative estimate of drug-likeness (QED) is 0.596. The summed E-state index contributed by atoms with van der Waals surface area (Å²) in [4.78, 5) is 22.7. The van der Waals surface area contributed by atoms with Gasteiger partial charge in [0.05, 0.1) is 0 Å². The molecular formula is C28H34F2N6O2. The lowest BCUT2D eigenvalue weighted by Crippen LogP contribution is -2.63. The predicted molar refractivity (Wildman–Crippen MR) is 141 cm³/mol. The van der Waals surface area contributed by atoms with E-state index in [-0.39, 0.29) is 36.4 Å². The lowest BCUT2D eigenvalue weighted by Gasteiger charge is -2.46. The van der Waals surface area contributed by atoms with Crippen molar-refractivity contribution in [1.82, 2.24) is 14.7 Å². The van der Waals surface area contributed by atoms with Gasteiger partial charge in [0.25, 0.3) is 0 Å². The Balaban J connectivity index is 0.996. The second kappa shape index (κ2) is 9.15. The number of aryl methyl sites for hydroxylation is 1. The zero-order valence-corrected chi connectivity index (χ0v) is 21.8. The number of carbonyl (C=O) groups excluding carboxylic acids is 1. The first-order valence-corrected chi connectivity index (χ1v) is 13.6. The molecule has 5 unspecified atom stereocenters. The molecule has 0 radical (unpaired) electrons. The number of fused-ring (bicyclic) bond motifs is 4. The minimum absolute atomic E-state index is 0.263. The van der Waals surface area contributed by atoms with Crippen molar-refractivity contribution in [2.24, 2.45) is 0 Å². The molecule has 0 bridgehead atoms. The van der Waals surface area contributed by atoms with Crippen molar-refractivity contribution in [1.29, 1.82) is 0 Å². The fourth-order valence-electron chi connectivity index (χ4n) is 6.88. The van der Waals surface area contributed by atoms with Gasteiger partial charge >= 0.3 is 0 Å². The van der Waals surface area contributed by atoms with Gasteiger partial charge in [0, 0.05) is 80.4 Å².